The van der Waals surface area contributed by atoms with E-state index in [1.165, 1.54) is 0 Å². The van der Waals surface area contributed by atoms with Crippen LogP contribution in [0.4, 0.5) is 0 Å². The Balaban J connectivity index is 1.22. The van der Waals surface area contributed by atoms with Gasteiger partial charge in [-0.2, -0.15) is 0 Å². The van der Waals surface area contributed by atoms with E-state index < -0.39 is 24.3 Å². The summed E-state index contributed by atoms with van der Waals surface area (Å²) in [4.78, 5) is 24.1. The summed E-state index contributed by atoms with van der Waals surface area (Å²) in [6, 6.07) is 0. The lowest BCUT2D eigenvalue weighted by atomic mass is 9.88. The predicted molar refractivity (Wildman–Crippen MR) is 201 cm³/mol. The zero-order valence-corrected chi connectivity index (χ0v) is 32.9. The van der Waals surface area contributed by atoms with Crippen molar-refractivity contribution in [1.82, 2.24) is 0 Å². The van der Waals surface area contributed by atoms with Crippen molar-refractivity contribution >= 4 is 27.9 Å². The molecule has 0 spiro atoms. The number of ether oxygens (including phenoxy) is 3. The number of carboxylic acids is 1. The lowest BCUT2D eigenvalue weighted by molar-refractivity contribution is -0.149. The number of aliphatic carboxylic acids is 1. The molecular weight excluding hydrogens is 716 g/mol. The molecule has 4 rings (SSSR count). The summed E-state index contributed by atoms with van der Waals surface area (Å²) >= 11 is 3.73. The number of alkyl halides is 1. The van der Waals surface area contributed by atoms with Gasteiger partial charge in [0.2, 0.25) is 0 Å². The van der Waals surface area contributed by atoms with Crippen molar-refractivity contribution in [2.24, 2.45) is 29.6 Å². The fraction of sp³-hybridized carbons (Fsp3) is 0.854. The summed E-state index contributed by atoms with van der Waals surface area (Å²) in [6.45, 7) is 6.45. The van der Waals surface area contributed by atoms with Gasteiger partial charge in [-0.1, -0.05) is 93.5 Å². The molecule has 292 valence electrons. The van der Waals surface area contributed by atoms with Crippen LogP contribution >= 0.6 is 15.9 Å². The van der Waals surface area contributed by atoms with Crippen molar-refractivity contribution in [3.05, 3.63) is 24.3 Å². The molecule has 2 aliphatic carbocycles. The third kappa shape index (κ3) is 12.9. The average molecular weight is 784 g/mol. The first-order valence-electron chi connectivity index (χ1n) is 20.3. The maximum atomic E-state index is 13.1. The molecule has 2 saturated carbocycles. The summed E-state index contributed by atoms with van der Waals surface area (Å²) in [5, 5.41) is 40.9. The number of unbranched alkanes of at least 4 members (excludes halogenated alkanes) is 4. The molecule has 0 aromatic rings. The van der Waals surface area contributed by atoms with Crippen LogP contribution in [0.5, 0.6) is 0 Å². The molecule has 0 bridgehead atoms. The van der Waals surface area contributed by atoms with Gasteiger partial charge in [0.15, 0.2) is 0 Å². The molecule has 4 aliphatic rings. The molecule has 9 nitrogen and oxygen atoms in total. The number of fused-ring (bicyclic) bond motifs is 2. The van der Waals surface area contributed by atoms with Crippen molar-refractivity contribution in [1.29, 1.82) is 0 Å². The maximum absolute atomic E-state index is 13.1. The number of aliphatic hydroxyl groups excluding tert-OH is 3. The number of halogens is 1. The first-order valence-corrected chi connectivity index (χ1v) is 21.2. The SMILES string of the molecule is CCCCCC(O)C=C[C@H]1C(O)CC2OC(CCCCC(=O)O[C@H](C=C[C@@H]3[C@H]4CC(C(Br)CCCC(=O)O)O[C@@H]4C[C@H]3O)[C@@H](C)CCCC)C[C@@H]21. The molecule has 2 saturated heterocycles. The Morgan fingerprint density at radius 1 is 0.804 bits per heavy atom. The van der Waals surface area contributed by atoms with Gasteiger partial charge in [0, 0.05) is 42.3 Å². The van der Waals surface area contributed by atoms with Crippen LogP contribution in [-0.2, 0) is 23.8 Å². The van der Waals surface area contributed by atoms with Gasteiger partial charge in [-0.15, -0.1) is 0 Å². The number of hydrogen-bond donors (Lipinski definition) is 4. The van der Waals surface area contributed by atoms with Gasteiger partial charge in [-0.25, -0.2) is 0 Å². The lowest BCUT2D eigenvalue weighted by Crippen LogP contribution is -2.26. The topological polar surface area (TPSA) is 143 Å². The minimum absolute atomic E-state index is 0.00692. The van der Waals surface area contributed by atoms with E-state index in [0.717, 1.165) is 83.5 Å². The Labute approximate surface area is 315 Å². The second kappa shape index (κ2) is 21.6. The third-order valence-electron chi connectivity index (χ3n) is 12.0. The highest BCUT2D eigenvalue weighted by molar-refractivity contribution is 9.09. The van der Waals surface area contributed by atoms with Gasteiger partial charge >= 0.3 is 11.9 Å². The normalized spacial score (nSPS) is 34.2. The van der Waals surface area contributed by atoms with Gasteiger partial charge in [0.05, 0.1) is 42.7 Å². The molecule has 4 fully saturated rings. The molecule has 2 aliphatic heterocycles. The minimum Gasteiger partial charge on any atom is -0.481 e. The van der Waals surface area contributed by atoms with Gasteiger partial charge < -0.3 is 34.6 Å². The van der Waals surface area contributed by atoms with Crippen LogP contribution in [-0.4, -0.2) is 86.0 Å². The van der Waals surface area contributed by atoms with E-state index in [4.69, 9.17) is 19.3 Å². The van der Waals surface area contributed by atoms with Crippen molar-refractivity contribution in [2.45, 2.75) is 190 Å². The first-order chi connectivity index (χ1) is 24.5. The Hall–Kier alpha value is -1.30. The van der Waals surface area contributed by atoms with Gasteiger partial charge in [-0.05, 0) is 75.2 Å². The fourth-order valence-corrected chi connectivity index (χ4v) is 9.63. The van der Waals surface area contributed by atoms with E-state index in [1.54, 1.807) is 0 Å². The molecular formula is C41H67BrO9. The average Bonchev–Trinajstić information content (AvgIpc) is 3.82. The molecule has 0 aromatic heterocycles. The van der Waals surface area contributed by atoms with Gasteiger partial charge in [0.25, 0.3) is 0 Å². The van der Waals surface area contributed by atoms with Gasteiger partial charge in [0.1, 0.15) is 6.10 Å². The minimum atomic E-state index is -0.785. The quantitative estimate of drug-likeness (QED) is 0.0356. The van der Waals surface area contributed by atoms with Crippen LogP contribution in [0, 0.1) is 29.6 Å². The van der Waals surface area contributed by atoms with E-state index in [9.17, 15) is 24.9 Å². The number of aliphatic hydroxyl groups is 3. The zero-order valence-electron chi connectivity index (χ0n) is 31.3. The summed E-state index contributed by atoms with van der Waals surface area (Å²) in [6.07, 6.45) is 20.7. The third-order valence-corrected chi connectivity index (χ3v) is 13.0. The van der Waals surface area contributed by atoms with Crippen molar-refractivity contribution in [3.8, 4) is 0 Å². The van der Waals surface area contributed by atoms with Gasteiger partial charge in [-0.3, -0.25) is 9.59 Å². The molecule has 0 radical (unpaired) electrons. The van der Waals surface area contributed by atoms with Crippen molar-refractivity contribution in [2.75, 3.05) is 0 Å². The van der Waals surface area contributed by atoms with Crippen LogP contribution in [0.1, 0.15) is 136 Å². The highest BCUT2D eigenvalue weighted by atomic mass is 79.9. The number of hydrogen-bond acceptors (Lipinski definition) is 8. The Morgan fingerprint density at radius 3 is 2.16 bits per heavy atom. The van der Waals surface area contributed by atoms with E-state index in [2.05, 4.69) is 42.8 Å². The summed E-state index contributed by atoms with van der Waals surface area (Å²) in [5.74, 6) is -0.424. The summed E-state index contributed by atoms with van der Waals surface area (Å²) < 4.78 is 18.8. The van der Waals surface area contributed by atoms with E-state index in [-0.39, 0.29) is 77.3 Å². The monoisotopic (exact) mass is 782 g/mol. The zero-order chi connectivity index (χ0) is 36.9. The highest BCUT2D eigenvalue weighted by Gasteiger charge is 2.50. The number of rotatable bonds is 23. The molecule has 14 atom stereocenters. The maximum Gasteiger partial charge on any atom is 0.306 e. The Bertz CT molecular complexity index is 1110. The number of esters is 1. The molecule has 4 N–H and O–H groups in total. The van der Waals surface area contributed by atoms with Crippen molar-refractivity contribution < 1.29 is 44.2 Å². The Morgan fingerprint density at radius 2 is 1.47 bits per heavy atom. The van der Waals surface area contributed by atoms with E-state index in [1.807, 2.05) is 18.2 Å². The largest absolute Gasteiger partial charge is 0.481 e. The molecule has 10 heteroatoms. The predicted octanol–water partition coefficient (Wildman–Crippen LogP) is 7.67. The number of carbonyl (C=O) groups excluding carboxylic acids is 1. The molecule has 6 unspecified atom stereocenters. The highest BCUT2D eigenvalue weighted by Crippen LogP contribution is 2.47. The van der Waals surface area contributed by atoms with Crippen LogP contribution in [0.25, 0.3) is 0 Å². The second-order valence-corrected chi connectivity index (χ2v) is 17.2. The molecule has 0 amide bonds. The number of carbonyl (C=O) groups is 2. The smallest absolute Gasteiger partial charge is 0.306 e. The van der Waals surface area contributed by atoms with Crippen LogP contribution in [0.2, 0.25) is 0 Å². The van der Waals surface area contributed by atoms with Crippen LogP contribution in [0.15, 0.2) is 24.3 Å². The molecule has 51 heavy (non-hydrogen) atoms. The summed E-state index contributed by atoms with van der Waals surface area (Å²) in [5.41, 5.74) is 0. The molecule has 2 heterocycles. The van der Waals surface area contributed by atoms with E-state index in [0.29, 0.717) is 25.7 Å². The van der Waals surface area contributed by atoms with Crippen molar-refractivity contribution in [3.63, 3.8) is 0 Å². The van der Waals surface area contributed by atoms with Crippen LogP contribution in [0.3, 0.4) is 0 Å². The molecule has 0 aromatic carbocycles. The summed E-state index contributed by atoms with van der Waals surface area (Å²) in [7, 11) is 0. The standard InChI is InChI=1S/C41H67BrO9/c1-4-6-8-13-27(43)18-19-29-31-22-28(49-37(31)24-34(29)44)14-9-10-17-41(48)51-36(26(3)12-7-5-2)21-20-30-32-23-39(50-38(32)25-35(30)45)33(42)15-11-16-40(46)47/h18-21,26-39,43-45H,4-17,22-25H2,1-3H3,(H,46,47)/t26-,27?,28?,29+,30+,31+,32+,33?,34?,35+,36+,37?,38+,39?/m0/s1. The fourth-order valence-electron chi connectivity index (χ4n) is 8.97. The Kier molecular flexibility index (Phi) is 17.9. The lowest BCUT2D eigenvalue weighted by Gasteiger charge is -2.24. The first kappa shape index (κ1) is 42.4. The number of carboxylic acid groups (broad SMARTS) is 1. The van der Waals surface area contributed by atoms with Crippen LogP contribution < -0.4 is 0 Å². The van der Waals surface area contributed by atoms with E-state index >= 15 is 0 Å². The second-order valence-electron chi connectivity index (χ2n) is 16.0.